The molecule has 122 valence electrons. The molecular weight excluding hydrogens is 300 g/mol. The third-order valence-electron chi connectivity index (χ3n) is 3.91. The molecule has 2 aromatic carbocycles. The average Bonchev–Trinajstić information content (AvgIpc) is 2.60. The number of pyridine rings is 1. The fraction of sp³-hybridized carbons (Fsp3) is 0.200. The summed E-state index contributed by atoms with van der Waals surface area (Å²) >= 11 is 0. The number of nitrogens with zero attached hydrogens (tertiary/aromatic N) is 1. The molecule has 1 heterocycles. The summed E-state index contributed by atoms with van der Waals surface area (Å²) in [6, 6.07) is 17.8. The van der Waals surface area contributed by atoms with Crippen LogP contribution in [0.4, 0.5) is 0 Å². The lowest BCUT2D eigenvalue weighted by Crippen LogP contribution is -2.26. The average molecular weight is 320 g/mol. The van der Waals surface area contributed by atoms with Crippen molar-refractivity contribution in [2.24, 2.45) is 0 Å². The van der Waals surface area contributed by atoms with Gasteiger partial charge in [0, 0.05) is 11.9 Å². The SMILES string of the molecule is COc1nc(C(=O)NCCc2cccc(C)c2)cc2ccccc12. The van der Waals surface area contributed by atoms with E-state index in [9.17, 15) is 4.79 Å². The second-order valence-electron chi connectivity index (χ2n) is 5.73. The molecule has 1 aromatic heterocycles. The van der Waals surface area contributed by atoms with Crippen molar-refractivity contribution < 1.29 is 9.53 Å². The number of nitrogens with one attached hydrogen (secondary N) is 1. The molecule has 3 rings (SSSR count). The van der Waals surface area contributed by atoms with E-state index in [1.165, 1.54) is 11.1 Å². The highest BCUT2D eigenvalue weighted by molar-refractivity contribution is 5.98. The Hall–Kier alpha value is -2.88. The maximum absolute atomic E-state index is 12.4. The number of rotatable bonds is 5. The van der Waals surface area contributed by atoms with Gasteiger partial charge in [0.1, 0.15) is 5.69 Å². The van der Waals surface area contributed by atoms with E-state index in [0.29, 0.717) is 18.1 Å². The van der Waals surface area contributed by atoms with Crippen LogP contribution in [-0.2, 0) is 6.42 Å². The quantitative estimate of drug-likeness (QED) is 0.782. The molecule has 1 N–H and O–H groups in total. The summed E-state index contributed by atoms with van der Waals surface area (Å²) < 4.78 is 5.31. The van der Waals surface area contributed by atoms with Crippen molar-refractivity contribution in [2.75, 3.05) is 13.7 Å². The van der Waals surface area contributed by atoms with Gasteiger partial charge in [0.05, 0.1) is 7.11 Å². The van der Waals surface area contributed by atoms with Gasteiger partial charge in [-0.15, -0.1) is 0 Å². The van der Waals surface area contributed by atoms with Crippen molar-refractivity contribution in [1.82, 2.24) is 10.3 Å². The van der Waals surface area contributed by atoms with E-state index in [4.69, 9.17) is 4.74 Å². The third kappa shape index (κ3) is 3.54. The summed E-state index contributed by atoms with van der Waals surface area (Å²) in [6.07, 6.45) is 0.790. The molecule has 1 amide bonds. The number of carbonyl (C=O) groups is 1. The van der Waals surface area contributed by atoms with Gasteiger partial charge in [-0.3, -0.25) is 4.79 Å². The van der Waals surface area contributed by atoms with E-state index >= 15 is 0 Å². The van der Waals surface area contributed by atoms with Gasteiger partial charge in [-0.2, -0.15) is 0 Å². The largest absolute Gasteiger partial charge is 0.481 e. The van der Waals surface area contributed by atoms with Crippen LogP contribution in [0.25, 0.3) is 10.8 Å². The van der Waals surface area contributed by atoms with Crippen LogP contribution in [0.15, 0.2) is 54.6 Å². The molecule has 0 radical (unpaired) electrons. The Morgan fingerprint density at radius 2 is 1.96 bits per heavy atom. The van der Waals surface area contributed by atoms with E-state index in [0.717, 1.165) is 17.2 Å². The number of aryl methyl sites for hydroxylation is 1. The minimum atomic E-state index is -0.188. The third-order valence-corrected chi connectivity index (χ3v) is 3.91. The molecule has 24 heavy (non-hydrogen) atoms. The molecule has 0 saturated carbocycles. The predicted molar refractivity (Wildman–Crippen MR) is 95.5 cm³/mol. The van der Waals surface area contributed by atoms with Gasteiger partial charge in [-0.1, -0.05) is 48.0 Å². The van der Waals surface area contributed by atoms with Crippen molar-refractivity contribution in [2.45, 2.75) is 13.3 Å². The summed E-state index contributed by atoms with van der Waals surface area (Å²) in [5.41, 5.74) is 2.80. The lowest BCUT2D eigenvalue weighted by Gasteiger charge is -2.09. The van der Waals surface area contributed by atoms with E-state index in [-0.39, 0.29) is 5.91 Å². The number of fused-ring (bicyclic) bond motifs is 1. The van der Waals surface area contributed by atoms with Gasteiger partial charge < -0.3 is 10.1 Å². The van der Waals surface area contributed by atoms with Crippen LogP contribution >= 0.6 is 0 Å². The van der Waals surface area contributed by atoms with Gasteiger partial charge in [-0.25, -0.2) is 4.98 Å². The zero-order chi connectivity index (χ0) is 16.9. The number of aromatic nitrogens is 1. The highest BCUT2D eigenvalue weighted by Crippen LogP contribution is 2.24. The lowest BCUT2D eigenvalue weighted by atomic mass is 10.1. The Balaban J connectivity index is 1.72. The number of carbonyl (C=O) groups excluding carboxylic acids is 1. The first-order valence-corrected chi connectivity index (χ1v) is 7.95. The minimum absolute atomic E-state index is 0.188. The van der Waals surface area contributed by atoms with Crippen molar-refractivity contribution >= 4 is 16.7 Å². The van der Waals surface area contributed by atoms with E-state index in [1.807, 2.05) is 30.3 Å². The van der Waals surface area contributed by atoms with Gasteiger partial charge in [0.15, 0.2) is 0 Å². The molecular formula is C20H20N2O2. The zero-order valence-electron chi connectivity index (χ0n) is 13.9. The van der Waals surface area contributed by atoms with Crippen LogP contribution in [0.1, 0.15) is 21.6 Å². The van der Waals surface area contributed by atoms with Gasteiger partial charge in [0.25, 0.3) is 5.91 Å². The number of amides is 1. The summed E-state index contributed by atoms with van der Waals surface area (Å²) in [5.74, 6) is 0.281. The molecule has 0 fully saturated rings. The van der Waals surface area contributed by atoms with Crippen molar-refractivity contribution in [3.05, 3.63) is 71.4 Å². The minimum Gasteiger partial charge on any atom is -0.481 e. The fourth-order valence-electron chi connectivity index (χ4n) is 2.72. The number of hydrogen-bond acceptors (Lipinski definition) is 3. The first-order valence-electron chi connectivity index (χ1n) is 7.95. The van der Waals surface area contributed by atoms with Crippen molar-refractivity contribution in [3.8, 4) is 5.88 Å². The molecule has 0 unspecified atom stereocenters. The Bertz CT molecular complexity index is 874. The predicted octanol–water partition coefficient (Wildman–Crippen LogP) is 3.52. The number of methoxy groups -OCH3 is 1. The standard InChI is InChI=1S/C20H20N2O2/c1-14-6-5-7-15(12-14)10-11-21-19(23)18-13-16-8-3-4-9-17(16)20(22-18)24-2/h3-9,12-13H,10-11H2,1-2H3,(H,21,23). The Morgan fingerprint density at radius 3 is 2.75 bits per heavy atom. The highest BCUT2D eigenvalue weighted by atomic mass is 16.5. The van der Waals surface area contributed by atoms with Crippen molar-refractivity contribution in [1.29, 1.82) is 0 Å². The lowest BCUT2D eigenvalue weighted by molar-refractivity contribution is 0.0948. The topological polar surface area (TPSA) is 51.2 Å². The first-order chi connectivity index (χ1) is 11.7. The normalized spacial score (nSPS) is 10.6. The molecule has 0 atom stereocenters. The van der Waals surface area contributed by atoms with Crippen LogP contribution in [0.3, 0.4) is 0 Å². The molecule has 4 heteroatoms. The van der Waals surface area contributed by atoms with Crippen LogP contribution < -0.4 is 10.1 Å². The smallest absolute Gasteiger partial charge is 0.270 e. The van der Waals surface area contributed by atoms with E-state index in [2.05, 4.69) is 35.4 Å². The van der Waals surface area contributed by atoms with Crippen molar-refractivity contribution in [3.63, 3.8) is 0 Å². The highest BCUT2D eigenvalue weighted by Gasteiger charge is 2.12. The molecule has 4 nitrogen and oxygen atoms in total. The summed E-state index contributed by atoms with van der Waals surface area (Å²) in [6.45, 7) is 2.63. The second kappa shape index (κ2) is 7.13. The molecule has 0 aliphatic rings. The van der Waals surface area contributed by atoms with E-state index in [1.54, 1.807) is 13.2 Å². The zero-order valence-corrected chi connectivity index (χ0v) is 13.9. The Labute approximate surface area is 141 Å². The maximum atomic E-state index is 12.4. The Kier molecular flexibility index (Phi) is 4.75. The molecule has 0 aliphatic carbocycles. The molecule has 0 bridgehead atoms. The molecule has 0 saturated heterocycles. The molecule has 0 aliphatic heterocycles. The number of benzene rings is 2. The fourth-order valence-corrected chi connectivity index (χ4v) is 2.72. The van der Waals surface area contributed by atoms with Gasteiger partial charge >= 0.3 is 0 Å². The monoisotopic (exact) mass is 320 g/mol. The molecule has 3 aromatic rings. The summed E-state index contributed by atoms with van der Waals surface area (Å²) in [4.78, 5) is 16.7. The summed E-state index contributed by atoms with van der Waals surface area (Å²) in [5, 5.41) is 4.76. The number of hydrogen-bond donors (Lipinski definition) is 1. The van der Waals surface area contributed by atoms with Gasteiger partial charge in [-0.05, 0) is 36.4 Å². The number of ether oxygens (including phenoxy) is 1. The van der Waals surface area contributed by atoms with Crippen LogP contribution in [0, 0.1) is 6.92 Å². The maximum Gasteiger partial charge on any atom is 0.270 e. The van der Waals surface area contributed by atoms with Crippen LogP contribution in [-0.4, -0.2) is 24.5 Å². The summed E-state index contributed by atoms with van der Waals surface area (Å²) in [7, 11) is 1.56. The second-order valence-corrected chi connectivity index (χ2v) is 5.73. The van der Waals surface area contributed by atoms with Crippen LogP contribution in [0.5, 0.6) is 5.88 Å². The Morgan fingerprint density at radius 1 is 1.12 bits per heavy atom. The van der Waals surface area contributed by atoms with Gasteiger partial charge in [0.2, 0.25) is 5.88 Å². The van der Waals surface area contributed by atoms with E-state index < -0.39 is 0 Å². The first kappa shape index (κ1) is 16.0. The van der Waals surface area contributed by atoms with Crippen LogP contribution in [0.2, 0.25) is 0 Å². The molecule has 0 spiro atoms.